The molecule has 0 bridgehead atoms. The first-order valence-electron chi connectivity index (χ1n) is 9.17. The first-order chi connectivity index (χ1) is 11.9. The molecule has 3 rings (SSSR count). The number of aliphatic hydroxyl groups excluding tert-OH is 1. The van der Waals surface area contributed by atoms with Crippen molar-refractivity contribution in [3.8, 4) is 0 Å². The maximum atomic E-state index is 13.0. The fraction of sp³-hybridized carbons (Fsp3) is 0.524. The van der Waals surface area contributed by atoms with Crippen LogP contribution in [-0.2, 0) is 21.5 Å². The fourth-order valence-corrected chi connectivity index (χ4v) is 4.65. The standard InChI is InChI=1S/C21H27NO3/c1-5-16(22-25-6-2)19-17(23)11-21(12-18(19)24)8-7-15-10-13(3)9-14(4)20(15)21/h9-10,23H,5-8,11-12H2,1-4H3. The maximum absolute atomic E-state index is 13.0. The number of oxime groups is 1. The molecule has 0 amide bonds. The van der Waals surface area contributed by atoms with Crippen molar-refractivity contribution < 1.29 is 14.7 Å². The molecule has 134 valence electrons. The van der Waals surface area contributed by atoms with E-state index < -0.39 is 0 Å². The Hall–Kier alpha value is -2.10. The molecule has 1 unspecified atom stereocenters. The van der Waals surface area contributed by atoms with Crippen LogP contribution in [0.1, 0.15) is 61.8 Å². The van der Waals surface area contributed by atoms with Crippen molar-refractivity contribution in [2.45, 2.75) is 65.2 Å². The van der Waals surface area contributed by atoms with Gasteiger partial charge in [-0.1, -0.05) is 29.8 Å². The van der Waals surface area contributed by atoms with Crippen molar-refractivity contribution in [2.75, 3.05) is 6.61 Å². The van der Waals surface area contributed by atoms with Gasteiger partial charge in [0, 0.05) is 18.3 Å². The monoisotopic (exact) mass is 341 g/mol. The zero-order valence-corrected chi connectivity index (χ0v) is 15.6. The van der Waals surface area contributed by atoms with Gasteiger partial charge in [0.2, 0.25) is 0 Å². The first-order valence-corrected chi connectivity index (χ1v) is 9.17. The zero-order valence-electron chi connectivity index (χ0n) is 15.6. The number of aliphatic hydroxyl groups is 1. The quantitative estimate of drug-likeness (QED) is 0.649. The molecular weight excluding hydrogens is 314 g/mol. The Bertz CT molecular complexity index is 776. The molecule has 0 radical (unpaired) electrons. The van der Waals surface area contributed by atoms with Crippen molar-refractivity contribution in [3.63, 3.8) is 0 Å². The normalized spacial score (nSPS) is 23.4. The average Bonchev–Trinajstić information content (AvgIpc) is 2.87. The Balaban J connectivity index is 2.03. The van der Waals surface area contributed by atoms with Crippen LogP contribution < -0.4 is 0 Å². The van der Waals surface area contributed by atoms with Gasteiger partial charge in [0.25, 0.3) is 0 Å². The van der Waals surface area contributed by atoms with Crippen molar-refractivity contribution in [3.05, 3.63) is 45.7 Å². The second-order valence-corrected chi connectivity index (χ2v) is 7.30. The molecule has 0 saturated carbocycles. The molecule has 0 heterocycles. The molecule has 0 aromatic heterocycles. The Morgan fingerprint density at radius 1 is 1.28 bits per heavy atom. The summed E-state index contributed by atoms with van der Waals surface area (Å²) in [7, 11) is 0. The van der Waals surface area contributed by atoms with Crippen molar-refractivity contribution in [1.29, 1.82) is 0 Å². The van der Waals surface area contributed by atoms with E-state index in [0.29, 0.717) is 37.2 Å². The van der Waals surface area contributed by atoms with Crippen LogP contribution in [0.2, 0.25) is 0 Å². The highest BCUT2D eigenvalue weighted by molar-refractivity contribution is 6.23. The number of benzene rings is 1. The number of aryl methyl sites for hydroxylation is 3. The number of ketones is 1. The summed E-state index contributed by atoms with van der Waals surface area (Å²) in [4.78, 5) is 18.1. The largest absolute Gasteiger partial charge is 0.511 e. The van der Waals surface area contributed by atoms with Crippen molar-refractivity contribution in [1.82, 2.24) is 0 Å². The summed E-state index contributed by atoms with van der Waals surface area (Å²) in [6.07, 6.45) is 3.40. The van der Waals surface area contributed by atoms with Gasteiger partial charge in [0.1, 0.15) is 12.4 Å². The summed E-state index contributed by atoms with van der Waals surface area (Å²) in [5, 5.41) is 14.8. The second-order valence-electron chi connectivity index (χ2n) is 7.30. The molecule has 1 spiro atoms. The smallest absolute Gasteiger partial charge is 0.169 e. The molecule has 4 heteroatoms. The van der Waals surface area contributed by atoms with Gasteiger partial charge in [-0.15, -0.1) is 0 Å². The van der Waals surface area contributed by atoms with Crippen LogP contribution >= 0.6 is 0 Å². The lowest BCUT2D eigenvalue weighted by Gasteiger charge is -2.35. The van der Waals surface area contributed by atoms with Gasteiger partial charge in [0.05, 0.1) is 11.3 Å². The second kappa shape index (κ2) is 6.66. The molecule has 0 fully saturated rings. The van der Waals surface area contributed by atoms with Gasteiger partial charge in [-0.3, -0.25) is 4.79 Å². The molecule has 2 aliphatic rings. The van der Waals surface area contributed by atoms with Gasteiger partial charge in [-0.2, -0.15) is 0 Å². The lowest BCUT2D eigenvalue weighted by atomic mass is 9.68. The average molecular weight is 341 g/mol. The number of rotatable bonds is 4. The van der Waals surface area contributed by atoms with Gasteiger partial charge in [0.15, 0.2) is 5.78 Å². The summed E-state index contributed by atoms with van der Waals surface area (Å²) in [6, 6.07) is 4.41. The highest BCUT2D eigenvalue weighted by Crippen LogP contribution is 2.50. The molecule has 0 saturated heterocycles. The fourth-order valence-electron chi connectivity index (χ4n) is 4.65. The predicted octanol–water partition coefficient (Wildman–Crippen LogP) is 4.46. The zero-order chi connectivity index (χ0) is 18.2. The topological polar surface area (TPSA) is 58.9 Å². The van der Waals surface area contributed by atoms with E-state index in [1.807, 2.05) is 13.8 Å². The van der Waals surface area contributed by atoms with Gasteiger partial charge in [-0.05, 0) is 56.7 Å². The van der Waals surface area contributed by atoms with Gasteiger partial charge >= 0.3 is 0 Å². The molecule has 0 aliphatic heterocycles. The molecule has 1 N–H and O–H groups in total. The van der Waals surface area contributed by atoms with Crippen LogP contribution in [-0.4, -0.2) is 23.2 Å². The van der Waals surface area contributed by atoms with Crippen molar-refractivity contribution >= 4 is 11.5 Å². The molecule has 2 aliphatic carbocycles. The molecule has 1 aromatic rings. The van der Waals surface area contributed by atoms with Crippen LogP contribution in [0.15, 0.2) is 28.6 Å². The number of Topliss-reactive ketones (excluding diaryl/α,β-unsaturated/α-hetero) is 1. The molecule has 4 nitrogen and oxygen atoms in total. The number of carbonyl (C=O) groups is 1. The third kappa shape index (κ3) is 2.99. The van der Waals surface area contributed by atoms with Crippen LogP contribution in [0.25, 0.3) is 0 Å². The van der Waals surface area contributed by atoms with E-state index in [1.54, 1.807) is 0 Å². The number of nitrogens with zero attached hydrogens (tertiary/aromatic N) is 1. The lowest BCUT2D eigenvalue weighted by molar-refractivity contribution is -0.117. The van der Waals surface area contributed by atoms with E-state index in [9.17, 15) is 9.90 Å². The van der Waals surface area contributed by atoms with E-state index in [-0.39, 0.29) is 17.0 Å². The van der Waals surface area contributed by atoms with Crippen molar-refractivity contribution in [2.24, 2.45) is 5.16 Å². The van der Waals surface area contributed by atoms with Crippen LogP contribution in [0.3, 0.4) is 0 Å². The molecular formula is C21H27NO3. The van der Waals surface area contributed by atoms with Crippen LogP contribution in [0, 0.1) is 13.8 Å². The van der Waals surface area contributed by atoms with Gasteiger partial charge < -0.3 is 9.94 Å². The molecule has 1 aromatic carbocycles. The summed E-state index contributed by atoms with van der Waals surface area (Å²) in [6.45, 7) is 8.45. The van der Waals surface area contributed by atoms with Crippen LogP contribution in [0.4, 0.5) is 0 Å². The Kier molecular flexibility index (Phi) is 4.72. The van der Waals surface area contributed by atoms with E-state index in [1.165, 1.54) is 22.3 Å². The number of hydrogen-bond donors (Lipinski definition) is 1. The maximum Gasteiger partial charge on any atom is 0.169 e. The van der Waals surface area contributed by atoms with E-state index in [0.717, 1.165) is 12.8 Å². The summed E-state index contributed by atoms with van der Waals surface area (Å²) in [5.74, 6) is 0.154. The van der Waals surface area contributed by atoms with E-state index in [2.05, 4.69) is 31.1 Å². The van der Waals surface area contributed by atoms with E-state index >= 15 is 0 Å². The molecule has 1 atom stereocenters. The minimum atomic E-state index is -0.262. The molecule has 25 heavy (non-hydrogen) atoms. The summed E-state index contributed by atoms with van der Waals surface area (Å²) < 4.78 is 0. The Morgan fingerprint density at radius 2 is 2.04 bits per heavy atom. The third-order valence-electron chi connectivity index (χ3n) is 5.46. The van der Waals surface area contributed by atoms with Gasteiger partial charge in [-0.25, -0.2) is 0 Å². The lowest BCUT2D eigenvalue weighted by Crippen LogP contribution is -2.35. The number of fused-ring (bicyclic) bond motifs is 2. The first kappa shape index (κ1) is 17.7. The van der Waals surface area contributed by atoms with E-state index in [4.69, 9.17) is 4.84 Å². The number of allylic oxidation sites excluding steroid dienone is 2. The third-order valence-corrected chi connectivity index (χ3v) is 5.46. The minimum absolute atomic E-state index is 0.0168. The Morgan fingerprint density at radius 3 is 2.68 bits per heavy atom. The summed E-state index contributed by atoms with van der Waals surface area (Å²) >= 11 is 0. The summed E-state index contributed by atoms with van der Waals surface area (Å²) in [5.41, 5.74) is 5.76. The highest BCUT2D eigenvalue weighted by Gasteiger charge is 2.46. The minimum Gasteiger partial charge on any atom is -0.511 e. The number of carbonyl (C=O) groups excluding carboxylic acids is 1. The predicted molar refractivity (Wildman–Crippen MR) is 99.2 cm³/mol. The highest BCUT2D eigenvalue weighted by atomic mass is 16.6. The Labute approximate surface area is 149 Å². The number of hydrogen-bond acceptors (Lipinski definition) is 4. The SMILES string of the molecule is CCON=C(CC)C1=C(O)CC2(CCc3cc(C)cc(C)c32)CC1=O. The van der Waals surface area contributed by atoms with Crippen LogP contribution in [0.5, 0.6) is 0 Å².